The number of rotatable bonds is 5. The molecule has 1 atom stereocenters. The first-order valence-corrected chi connectivity index (χ1v) is 6.10. The SMILES string of the molecule is C=CCOc1ccc(C2(CC)NC(=O)NC2=O)cc1. The number of ether oxygens (including phenoxy) is 1. The van der Waals surface area contributed by atoms with E-state index in [1.165, 1.54) is 0 Å². The van der Waals surface area contributed by atoms with Gasteiger partial charge < -0.3 is 10.1 Å². The average Bonchev–Trinajstić information content (AvgIpc) is 2.72. The van der Waals surface area contributed by atoms with Gasteiger partial charge in [0.05, 0.1) is 0 Å². The summed E-state index contributed by atoms with van der Waals surface area (Å²) in [6.45, 7) is 5.85. The fraction of sp³-hybridized carbons (Fsp3) is 0.286. The van der Waals surface area contributed by atoms with E-state index in [4.69, 9.17) is 4.74 Å². The maximum Gasteiger partial charge on any atom is 0.322 e. The van der Waals surface area contributed by atoms with Crippen molar-refractivity contribution in [3.63, 3.8) is 0 Å². The summed E-state index contributed by atoms with van der Waals surface area (Å²) in [6, 6.07) is 6.65. The Morgan fingerprint density at radius 3 is 2.47 bits per heavy atom. The zero-order valence-corrected chi connectivity index (χ0v) is 10.7. The third kappa shape index (κ3) is 2.31. The van der Waals surface area contributed by atoms with Crippen molar-refractivity contribution in [2.45, 2.75) is 18.9 Å². The van der Waals surface area contributed by atoms with E-state index in [2.05, 4.69) is 17.2 Å². The van der Waals surface area contributed by atoms with Gasteiger partial charge in [-0.15, -0.1) is 0 Å². The first-order chi connectivity index (χ1) is 9.12. The molecule has 1 saturated heterocycles. The second kappa shape index (κ2) is 5.14. The highest BCUT2D eigenvalue weighted by atomic mass is 16.5. The van der Waals surface area contributed by atoms with Crippen molar-refractivity contribution in [1.82, 2.24) is 10.6 Å². The molecule has 2 N–H and O–H groups in total. The maximum atomic E-state index is 12.0. The highest BCUT2D eigenvalue weighted by Gasteiger charge is 2.46. The third-order valence-corrected chi connectivity index (χ3v) is 3.19. The van der Waals surface area contributed by atoms with Gasteiger partial charge in [-0.1, -0.05) is 31.7 Å². The van der Waals surface area contributed by atoms with Crippen LogP contribution in [0.2, 0.25) is 0 Å². The summed E-state index contributed by atoms with van der Waals surface area (Å²) in [5.74, 6) is 0.374. The number of hydrogen-bond donors (Lipinski definition) is 2. The standard InChI is InChI=1S/C14H16N2O3/c1-3-9-19-11-7-5-10(6-8-11)14(4-2)12(17)15-13(18)16-14/h3,5-8H,1,4,9H2,2H3,(H2,15,16,17,18). The molecule has 0 aliphatic carbocycles. The van der Waals surface area contributed by atoms with Gasteiger partial charge in [-0.25, -0.2) is 4.79 Å². The maximum absolute atomic E-state index is 12.0. The Labute approximate surface area is 111 Å². The highest BCUT2D eigenvalue weighted by molar-refractivity contribution is 6.07. The molecule has 0 radical (unpaired) electrons. The Morgan fingerprint density at radius 2 is 2.00 bits per heavy atom. The Kier molecular flexibility index (Phi) is 3.55. The molecular formula is C14H16N2O3. The lowest BCUT2D eigenvalue weighted by molar-refractivity contribution is -0.124. The van der Waals surface area contributed by atoms with Gasteiger partial charge in [-0.05, 0) is 24.1 Å². The minimum absolute atomic E-state index is 0.320. The molecule has 0 aromatic heterocycles. The molecular weight excluding hydrogens is 244 g/mol. The van der Waals surface area contributed by atoms with Crippen LogP contribution >= 0.6 is 0 Å². The molecule has 5 heteroatoms. The van der Waals surface area contributed by atoms with Gasteiger partial charge in [-0.3, -0.25) is 10.1 Å². The predicted octanol–water partition coefficient (Wildman–Crippen LogP) is 1.70. The number of urea groups is 1. The number of carbonyl (C=O) groups is 2. The van der Waals surface area contributed by atoms with E-state index in [1.54, 1.807) is 30.3 Å². The lowest BCUT2D eigenvalue weighted by Gasteiger charge is -2.24. The highest BCUT2D eigenvalue weighted by Crippen LogP contribution is 2.29. The summed E-state index contributed by atoms with van der Waals surface area (Å²) in [5, 5.41) is 4.96. The molecule has 1 heterocycles. The van der Waals surface area contributed by atoms with E-state index >= 15 is 0 Å². The number of imide groups is 1. The molecule has 5 nitrogen and oxygen atoms in total. The first kappa shape index (κ1) is 13.1. The number of benzene rings is 1. The van der Waals surface area contributed by atoms with Gasteiger partial charge in [0.2, 0.25) is 0 Å². The van der Waals surface area contributed by atoms with Gasteiger partial charge in [0.15, 0.2) is 0 Å². The van der Waals surface area contributed by atoms with Crippen molar-refractivity contribution in [1.29, 1.82) is 0 Å². The van der Waals surface area contributed by atoms with Crippen LogP contribution in [0.15, 0.2) is 36.9 Å². The van der Waals surface area contributed by atoms with Crippen LogP contribution in [-0.4, -0.2) is 18.5 Å². The van der Waals surface area contributed by atoms with Crippen LogP contribution in [0, 0.1) is 0 Å². The Balaban J connectivity index is 2.27. The number of hydrogen-bond acceptors (Lipinski definition) is 3. The van der Waals surface area contributed by atoms with Gasteiger partial charge in [-0.2, -0.15) is 0 Å². The second-order valence-corrected chi connectivity index (χ2v) is 4.29. The van der Waals surface area contributed by atoms with Gasteiger partial charge >= 0.3 is 6.03 Å². The molecule has 1 aromatic carbocycles. The summed E-state index contributed by atoms with van der Waals surface area (Å²) in [7, 11) is 0. The molecule has 1 fully saturated rings. The summed E-state index contributed by atoms with van der Waals surface area (Å²) in [5.41, 5.74) is -0.238. The number of carbonyl (C=O) groups excluding carboxylic acids is 2. The van der Waals surface area contributed by atoms with Crippen molar-refractivity contribution in [2.24, 2.45) is 0 Å². The molecule has 1 unspecified atom stereocenters. The molecule has 2 rings (SSSR count). The second-order valence-electron chi connectivity index (χ2n) is 4.29. The smallest absolute Gasteiger partial charge is 0.322 e. The molecule has 1 aliphatic heterocycles. The zero-order chi connectivity index (χ0) is 13.9. The van der Waals surface area contributed by atoms with Gasteiger partial charge in [0.1, 0.15) is 17.9 Å². The molecule has 1 aromatic rings. The normalized spacial score (nSPS) is 21.7. The third-order valence-electron chi connectivity index (χ3n) is 3.19. The van der Waals surface area contributed by atoms with E-state index in [9.17, 15) is 9.59 Å². The summed E-state index contributed by atoms with van der Waals surface area (Å²) < 4.78 is 5.38. The quantitative estimate of drug-likeness (QED) is 0.625. The number of amides is 3. The number of nitrogens with one attached hydrogen (secondary N) is 2. The van der Waals surface area contributed by atoms with Crippen molar-refractivity contribution in [2.75, 3.05) is 6.61 Å². The molecule has 100 valence electrons. The van der Waals surface area contributed by atoms with Crippen molar-refractivity contribution in [3.8, 4) is 5.75 Å². The van der Waals surface area contributed by atoms with E-state index in [0.717, 1.165) is 5.56 Å². The van der Waals surface area contributed by atoms with Crippen LogP contribution in [0.3, 0.4) is 0 Å². The largest absolute Gasteiger partial charge is 0.490 e. The predicted molar refractivity (Wildman–Crippen MR) is 70.8 cm³/mol. The molecule has 1 aliphatic rings. The Hall–Kier alpha value is -2.30. The fourth-order valence-electron chi connectivity index (χ4n) is 2.14. The summed E-state index contributed by atoms with van der Waals surface area (Å²) in [6.07, 6.45) is 2.14. The monoisotopic (exact) mass is 260 g/mol. The van der Waals surface area contributed by atoms with E-state index in [0.29, 0.717) is 18.8 Å². The first-order valence-electron chi connectivity index (χ1n) is 6.10. The van der Waals surface area contributed by atoms with Crippen molar-refractivity contribution >= 4 is 11.9 Å². The average molecular weight is 260 g/mol. The van der Waals surface area contributed by atoms with E-state index in [1.807, 2.05) is 6.92 Å². The molecule has 0 saturated carbocycles. The van der Waals surface area contributed by atoms with Crippen LogP contribution in [-0.2, 0) is 10.3 Å². The van der Waals surface area contributed by atoms with Crippen LogP contribution < -0.4 is 15.4 Å². The Morgan fingerprint density at radius 1 is 1.32 bits per heavy atom. The van der Waals surface area contributed by atoms with Crippen molar-refractivity contribution < 1.29 is 14.3 Å². The zero-order valence-electron chi connectivity index (χ0n) is 10.7. The van der Waals surface area contributed by atoms with Gasteiger partial charge in [0, 0.05) is 0 Å². The fourth-order valence-corrected chi connectivity index (χ4v) is 2.14. The Bertz CT molecular complexity index is 510. The van der Waals surface area contributed by atoms with Crippen LogP contribution in [0.25, 0.3) is 0 Å². The van der Waals surface area contributed by atoms with Crippen LogP contribution in [0.5, 0.6) is 5.75 Å². The molecule has 19 heavy (non-hydrogen) atoms. The summed E-state index contributed by atoms with van der Waals surface area (Å²) >= 11 is 0. The van der Waals surface area contributed by atoms with E-state index < -0.39 is 11.6 Å². The van der Waals surface area contributed by atoms with E-state index in [-0.39, 0.29) is 5.91 Å². The molecule has 0 spiro atoms. The minimum atomic E-state index is -0.978. The molecule has 3 amide bonds. The molecule has 0 bridgehead atoms. The lowest BCUT2D eigenvalue weighted by Crippen LogP contribution is -2.43. The van der Waals surface area contributed by atoms with Crippen LogP contribution in [0.1, 0.15) is 18.9 Å². The topological polar surface area (TPSA) is 67.4 Å². The van der Waals surface area contributed by atoms with Gasteiger partial charge in [0.25, 0.3) is 5.91 Å². The van der Waals surface area contributed by atoms with Crippen molar-refractivity contribution in [3.05, 3.63) is 42.5 Å². The van der Waals surface area contributed by atoms with Crippen LogP contribution in [0.4, 0.5) is 4.79 Å². The summed E-state index contributed by atoms with van der Waals surface area (Å²) in [4.78, 5) is 23.3. The minimum Gasteiger partial charge on any atom is -0.490 e. The lowest BCUT2D eigenvalue weighted by atomic mass is 9.87.